The number of hydrogen-bond donors (Lipinski definition) is 2. The zero-order chi connectivity index (χ0) is 11.3. The quantitative estimate of drug-likeness (QED) is 0.372. The van der Waals surface area contributed by atoms with Gasteiger partial charge in [-0.3, -0.25) is 15.1 Å². The minimum Gasteiger partial charge on any atom is -0.304 e. The van der Waals surface area contributed by atoms with Crippen LogP contribution in [0.1, 0.15) is 19.8 Å². The fraction of sp³-hybridized carbons (Fsp3) is 0.900. The van der Waals surface area contributed by atoms with E-state index in [1.807, 2.05) is 0 Å². The van der Waals surface area contributed by atoms with Crippen LogP contribution in [0.25, 0.3) is 0 Å². The number of nitrogens with one attached hydrogen (secondary N) is 1. The molecule has 1 atom stereocenters. The Balaban J connectivity index is 2.51. The van der Waals surface area contributed by atoms with Crippen molar-refractivity contribution >= 4 is 5.91 Å². The molecule has 0 radical (unpaired) electrons. The molecule has 0 unspecified atom stereocenters. The summed E-state index contributed by atoms with van der Waals surface area (Å²) in [5.41, 5.74) is 2.26. The first-order valence-electron chi connectivity index (χ1n) is 5.62. The molecule has 1 amide bonds. The third-order valence-electron chi connectivity index (χ3n) is 2.99. The normalized spacial score (nSPS) is 21.3. The van der Waals surface area contributed by atoms with Crippen LogP contribution in [-0.2, 0) is 4.79 Å². The number of hydrogen-bond acceptors (Lipinski definition) is 4. The lowest BCUT2D eigenvalue weighted by Crippen LogP contribution is -2.55. The van der Waals surface area contributed by atoms with E-state index in [2.05, 4.69) is 29.2 Å². The van der Waals surface area contributed by atoms with E-state index in [9.17, 15) is 4.79 Å². The van der Waals surface area contributed by atoms with Gasteiger partial charge < -0.3 is 4.90 Å². The second-order valence-electron chi connectivity index (χ2n) is 4.15. The third-order valence-corrected chi connectivity index (χ3v) is 2.99. The van der Waals surface area contributed by atoms with Crippen molar-refractivity contribution < 1.29 is 4.79 Å². The van der Waals surface area contributed by atoms with Gasteiger partial charge in [0.25, 0.3) is 5.91 Å². The lowest BCUT2D eigenvalue weighted by Gasteiger charge is -2.36. The van der Waals surface area contributed by atoms with E-state index in [0.29, 0.717) is 0 Å². The van der Waals surface area contributed by atoms with Gasteiger partial charge in [0, 0.05) is 26.2 Å². The first-order valence-corrected chi connectivity index (χ1v) is 5.62. The molecule has 5 nitrogen and oxygen atoms in total. The van der Waals surface area contributed by atoms with Crippen LogP contribution < -0.4 is 11.3 Å². The minimum absolute atomic E-state index is 0.0475. The van der Waals surface area contributed by atoms with Gasteiger partial charge in [-0.15, -0.1) is 0 Å². The van der Waals surface area contributed by atoms with Crippen molar-refractivity contribution in [2.75, 3.05) is 33.2 Å². The number of rotatable bonds is 4. The van der Waals surface area contributed by atoms with Crippen molar-refractivity contribution in [3.63, 3.8) is 0 Å². The maximum absolute atomic E-state index is 11.6. The Morgan fingerprint density at radius 3 is 2.47 bits per heavy atom. The van der Waals surface area contributed by atoms with E-state index in [-0.39, 0.29) is 11.9 Å². The predicted molar refractivity (Wildman–Crippen MR) is 60.1 cm³/mol. The SMILES string of the molecule is CCC[C@H](C(=O)NN)N1CCN(C)CC1. The first-order chi connectivity index (χ1) is 7.19. The molecule has 0 aromatic heterocycles. The van der Waals surface area contributed by atoms with Crippen LogP contribution in [0.5, 0.6) is 0 Å². The number of carbonyl (C=O) groups excluding carboxylic acids is 1. The Bertz CT molecular complexity index is 202. The summed E-state index contributed by atoms with van der Waals surface area (Å²) < 4.78 is 0. The summed E-state index contributed by atoms with van der Waals surface area (Å²) in [6, 6.07) is -0.0475. The molecule has 0 aromatic carbocycles. The van der Waals surface area contributed by atoms with Gasteiger partial charge in [0.2, 0.25) is 0 Å². The van der Waals surface area contributed by atoms with Crippen molar-refractivity contribution in [2.45, 2.75) is 25.8 Å². The largest absolute Gasteiger partial charge is 0.304 e. The lowest BCUT2D eigenvalue weighted by atomic mass is 10.1. The van der Waals surface area contributed by atoms with Crippen LogP contribution in [-0.4, -0.2) is 55.0 Å². The predicted octanol–water partition coefficient (Wildman–Crippen LogP) is -0.608. The zero-order valence-corrected chi connectivity index (χ0v) is 9.70. The number of piperazine rings is 1. The Morgan fingerprint density at radius 2 is 2.00 bits per heavy atom. The molecule has 1 aliphatic rings. The van der Waals surface area contributed by atoms with E-state index in [1.54, 1.807) is 0 Å². The molecule has 1 heterocycles. The molecule has 0 saturated carbocycles. The molecule has 0 bridgehead atoms. The third kappa shape index (κ3) is 3.44. The molecular weight excluding hydrogens is 192 g/mol. The highest BCUT2D eigenvalue weighted by Crippen LogP contribution is 2.10. The summed E-state index contributed by atoms with van der Waals surface area (Å²) in [6.45, 7) is 6.05. The average molecular weight is 214 g/mol. The van der Waals surface area contributed by atoms with Gasteiger partial charge in [0.05, 0.1) is 6.04 Å². The smallest absolute Gasteiger partial charge is 0.251 e. The number of likely N-dealkylation sites (N-methyl/N-ethyl adjacent to an activating group) is 1. The van der Waals surface area contributed by atoms with Crippen molar-refractivity contribution in [1.82, 2.24) is 15.2 Å². The van der Waals surface area contributed by atoms with Gasteiger partial charge >= 0.3 is 0 Å². The van der Waals surface area contributed by atoms with E-state index >= 15 is 0 Å². The topological polar surface area (TPSA) is 61.6 Å². The maximum Gasteiger partial charge on any atom is 0.251 e. The minimum atomic E-state index is -0.0543. The molecule has 0 spiro atoms. The Labute approximate surface area is 91.6 Å². The van der Waals surface area contributed by atoms with E-state index < -0.39 is 0 Å². The van der Waals surface area contributed by atoms with E-state index in [4.69, 9.17) is 5.84 Å². The molecule has 1 rings (SSSR count). The van der Waals surface area contributed by atoms with Crippen LogP contribution in [0.15, 0.2) is 0 Å². The highest BCUT2D eigenvalue weighted by atomic mass is 16.2. The van der Waals surface area contributed by atoms with Crippen molar-refractivity contribution in [1.29, 1.82) is 0 Å². The van der Waals surface area contributed by atoms with Crippen molar-refractivity contribution in [2.24, 2.45) is 5.84 Å². The second kappa shape index (κ2) is 6.05. The lowest BCUT2D eigenvalue weighted by molar-refractivity contribution is -0.127. The van der Waals surface area contributed by atoms with Crippen molar-refractivity contribution in [3.05, 3.63) is 0 Å². The number of nitrogens with two attached hydrogens (primary N) is 1. The number of nitrogens with zero attached hydrogens (tertiary/aromatic N) is 2. The molecule has 1 fully saturated rings. The summed E-state index contributed by atoms with van der Waals surface area (Å²) in [5.74, 6) is 5.15. The monoisotopic (exact) mass is 214 g/mol. The summed E-state index contributed by atoms with van der Waals surface area (Å²) >= 11 is 0. The van der Waals surface area contributed by atoms with Gasteiger partial charge in [-0.05, 0) is 13.5 Å². The first kappa shape index (κ1) is 12.4. The highest BCUT2D eigenvalue weighted by molar-refractivity contribution is 5.81. The Hall–Kier alpha value is -0.650. The molecule has 3 N–H and O–H groups in total. The fourth-order valence-corrected chi connectivity index (χ4v) is 1.98. The molecule has 1 aliphatic heterocycles. The average Bonchev–Trinajstić information content (AvgIpc) is 2.26. The summed E-state index contributed by atoms with van der Waals surface area (Å²) in [5, 5.41) is 0. The molecule has 1 saturated heterocycles. The number of hydrazine groups is 1. The molecular formula is C10H22N4O. The zero-order valence-electron chi connectivity index (χ0n) is 9.70. The number of carbonyl (C=O) groups is 1. The summed E-state index contributed by atoms with van der Waals surface area (Å²) in [7, 11) is 2.11. The van der Waals surface area contributed by atoms with Crippen LogP contribution in [0.3, 0.4) is 0 Å². The molecule has 5 heteroatoms. The summed E-state index contributed by atoms with van der Waals surface area (Å²) in [6.07, 6.45) is 1.89. The molecule has 0 aliphatic carbocycles. The van der Waals surface area contributed by atoms with Gasteiger partial charge in [-0.2, -0.15) is 0 Å². The highest BCUT2D eigenvalue weighted by Gasteiger charge is 2.26. The standard InChI is InChI=1S/C10H22N4O/c1-3-4-9(10(15)12-11)14-7-5-13(2)6-8-14/h9H,3-8,11H2,1-2H3,(H,12,15)/t9-/m1/s1. The summed E-state index contributed by atoms with van der Waals surface area (Å²) in [4.78, 5) is 16.1. The van der Waals surface area contributed by atoms with Gasteiger partial charge in [0.15, 0.2) is 0 Å². The number of amides is 1. The van der Waals surface area contributed by atoms with E-state index in [0.717, 1.165) is 39.0 Å². The van der Waals surface area contributed by atoms with Crippen LogP contribution >= 0.6 is 0 Å². The molecule has 15 heavy (non-hydrogen) atoms. The van der Waals surface area contributed by atoms with E-state index in [1.165, 1.54) is 0 Å². The van der Waals surface area contributed by atoms with Gasteiger partial charge in [-0.25, -0.2) is 5.84 Å². The van der Waals surface area contributed by atoms with Crippen molar-refractivity contribution in [3.8, 4) is 0 Å². The van der Waals surface area contributed by atoms with Gasteiger partial charge in [-0.1, -0.05) is 13.3 Å². The van der Waals surface area contributed by atoms with Crippen LogP contribution in [0.2, 0.25) is 0 Å². The van der Waals surface area contributed by atoms with Crippen LogP contribution in [0.4, 0.5) is 0 Å². The Morgan fingerprint density at radius 1 is 1.40 bits per heavy atom. The Kier molecular flexibility index (Phi) is 5.01. The fourth-order valence-electron chi connectivity index (χ4n) is 1.98. The molecule has 88 valence electrons. The molecule has 0 aromatic rings. The van der Waals surface area contributed by atoms with Gasteiger partial charge in [0.1, 0.15) is 0 Å². The van der Waals surface area contributed by atoms with Crippen LogP contribution in [0, 0.1) is 0 Å². The second-order valence-corrected chi connectivity index (χ2v) is 4.15. The maximum atomic E-state index is 11.6.